The molecule has 0 aromatic rings. The summed E-state index contributed by atoms with van der Waals surface area (Å²) in [5.41, 5.74) is 0. The highest BCUT2D eigenvalue weighted by atomic mass is 16.5. The molecule has 0 radical (unpaired) electrons. The van der Waals surface area contributed by atoms with E-state index in [9.17, 15) is 0 Å². The number of hydrogen-bond acceptors (Lipinski definition) is 2. The van der Waals surface area contributed by atoms with Crippen molar-refractivity contribution in [3.8, 4) is 0 Å². The fraction of sp³-hybridized carbons (Fsp3) is 1.00. The third kappa shape index (κ3) is 7.80. The predicted molar refractivity (Wildman–Crippen MR) is 67.3 cm³/mol. The molecule has 2 nitrogen and oxygen atoms in total. The van der Waals surface area contributed by atoms with Crippen molar-refractivity contribution in [2.45, 2.75) is 58.9 Å². The van der Waals surface area contributed by atoms with E-state index in [0.717, 1.165) is 25.5 Å². The zero-order valence-electron chi connectivity index (χ0n) is 11.0. The third-order valence-electron chi connectivity index (χ3n) is 3.10. The second kappa shape index (κ2) is 10.4. The van der Waals surface area contributed by atoms with E-state index in [1.54, 1.807) is 7.11 Å². The molecule has 0 fully saturated rings. The van der Waals surface area contributed by atoms with Crippen molar-refractivity contribution in [3.63, 3.8) is 0 Å². The van der Waals surface area contributed by atoms with Crippen molar-refractivity contribution in [1.29, 1.82) is 0 Å². The Balaban J connectivity index is 3.66. The fourth-order valence-electron chi connectivity index (χ4n) is 1.80. The number of rotatable bonds is 10. The van der Waals surface area contributed by atoms with Crippen molar-refractivity contribution in [2.75, 3.05) is 20.3 Å². The van der Waals surface area contributed by atoms with Gasteiger partial charge in [0, 0.05) is 13.2 Å². The number of unbranched alkanes of at least 4 members (excludes halogenated alkanes) is 1. The number of hydrogen-bond donors (Lipinski definition) is 1. The van der Waals surface area contributed by atoms with E-state index in [1.807, 2.05) is 0 Å². The zero-order valence-corrected chi connectivity index (χ0v) is 11.0. The Morgan fingerprint density at radius 2 is 1.87 bits per heavy atom. The summed E-state index contributed by atoms with van der Waals surface area (Å²) in [5.74, 6) is 0.843. The molecule has 0 saturated heterocycles. The van der Waals surface area contributed by atoms with Crippen LogP contribution < -0.4 is 5.32 Å². The largest absolute Gasteiger partial charge is 0.383 e. The van der Waals surface area contributed by atoms with Crippen molar-refractivity contribution in [2.24, 2.45) is 5.92 Å². The van der Waals surface area contributed by atoms with Crippen LogP contribution in [0.2, 0.25) is 0 Å². The van der Waals surface area contributed by atoms with Gasteiger partial charge in [-0.15, -0.1) is 0 Å². The topological polar surface area (TPSA) is 21.3 Å². The summed E-state index contributed by atoms with van der Waals surface area (Å²) in [6.45, 7) is 8.75. The van der Waals surface area contributed by atoms with Crippen LogP contribution >= 0.6 is 0 Å². The summed E-state index contributed by atoms with van der Waals surface area (Å²) in [5, 5.41) is 3.61. The first kappa shape index (κ1) is 14.9. The number of methoxy groups -OCH3 is 1. The molecular weight excluding hydrogens is 186 g/mol. The van der Waals surface area contributed by atoms with Gasteiger partial charge in [0.05, 0.1) is 6.61 Å². The molecule has 1 N–H and O–H groups in total. The Bertz CT molecular complexity index is 128. The lowest BCUT2D eigenvalue weighted by molar-refractivity contribution is 0.161. The van der Waals surface area contributed by atoms with Gasteiger partial charge in [0.1, 0.15) is 0 Å². The summed E-state index contributed by atoms with van der Waals surface area (Å²) < 4.78 is 5.18. The highest BCUT2D eigenvalue weighted by Crippen LogP contribution is 2.11. The Labute approximate surface area is 95.8 Å². The van der Waals surface area contributed by atoms with E-state index in [2.05, 4.69) is 26.1 Å². The summed E-state index contributed by atoms with van der Waals surface area (Å²) in [4.78, 5) is 0. The van der Waals surface area contributed by atoms with Crippen LogP contribution in [0, 0.1) is 5.92 Å². The van der Waals surface area contributed by atoms with Gasteiger partial charge < -0.3 is 10.1 Å². The van der Waals surface area contributed by atoms with Crippen molar-refractivity contribution in [1.82, 2.24) is 5.32 Å². The van der Waals surface area contributed by atoms with Gasteiger partial charge in [-0.05, 0) is 25.3 Å². The monoisotopic (exact) mass is 215 g/mol. The van der Waals surface area contributed by atoms with Gasteiger partial charge >= 0.3 is 0 Å². The Kier molecular flexibility index (Phi) is 10.4. The molecule has 0 aliphatic rings. The van der Waals surface area contributed by atoms with E-state index in [1.165, 1.54) is 25.7 Å². The number of ether oxygens (including phenoxy) is 1. The summed E-state index contributed by atoms with van der Waals surface area (Å²) in [6.07, 6.45) is 6.48. The van der Waals surface area contributed by atoms with Gasteiger partial charge in [-0.3, -0.25) is 0 Å². The minimum Gasteiger partial charge on any atom is -0.383 e. The second-order valence-corrected chi connectivity index (χ2v) is 4.39. The molecule has 2 heteroatoms. The van der Waals surface area contributed by atoms with E-state index < -0.39 is 0 Å². The van der Waals surface area contributed by atoms with Crippen LogP contribution in [0.15, 0.2) is 0 Å². The van der Waals surface area contributed by atoms with Crippen LogP contribution in [-0.2, 0) is 4.74 Å². The molecule has 0 aliphatic heterocycles. The lowest BCUT2D eigenvalue weighted by Crippen LogP contribution is -2.36. The standard InChI is InChI=1S/C13H29NO/c1-5-8-9-12(6-2)10-14-13(7-3)11-15-4/h12-14H,5-11H2,1-4H3. The third-order valence-corrected chi connectivity index (χ3v) is 3.10. The first-order valence-corrected chi connectivity index (χ1v) is 6.50. The van der Waals surface area contributed by atoms with Crippen molar-refractivity contribution < 1.29 is 4.74 Å². The lowest BCUT2D eigenvalue weighted by atomic mass is 9.99. The van der Waals surface area contributed by atoms with Crippen LogP contribution in [0.25, 0.3) is 0 Å². The molecule has 15 heavy (non-hydrogen) atoms. The normalized spacial score (nSPS) is 15.2. The first-order valence-electron chi connectivity index (χ1n) is 6.50. The molecule has 0 heterocycles. The quantitative estimate of drug-likeness (QED) is 0.604. The summed E-state index contributed by atoms with van der Waals surface area (Å²) in [6, 6.07) is 0.533. The maximum Gasteiger partial charge on any atom is 0.0615 e. The van der Waals surface area contributed by atoms with Gasteiger partial charge in [0.2, 0.25) is 0 Å². The minimum absolute atomic E-state index is 0.533. The smallest absolute Gasteiger partial charge is 0.0615 e. The van der Waals surface area contributed by atoms with Gasteiger partial charge in [-0.25, -0.2) is 0 Å². The van der Waals surface area contributed by atoms with E-state index >= 15 is 0 Å². The Morgan fingerprint density at radius 1 is 1.13 bits per heavy atom. The van der Waals surface area contributed by atoms with Crippen LogP contribution in [0.3, 0.4) is 0 Å². The van der Waals surface area contributed by atoms with E-state index in [0.29, 0.717) is 6.04 Å². The lowest BCUT2D eigenvalue weighted by Gasteiger charge is -2.20. The minimum atomic E-state index is 0.533. The highest BCUT2D eigenvalue weighted by Gasteiger charge is 2.09. The number of nitrogens with one attached hydrogen (secondary N) is 1. The van der Waals surface area contributed by atoms with Gasteiger partial charge in [-0.2, -0.15) is 0 Å². The van der Waals surface area contributed by atoms with Crippen LogP contribution in [0.5, 0.6) is 0 Å². The maximum atomic E-state index is 5.18. The average molecular weight is 215 g/mol. The van der Waals surface area contributed by atoms with E-state index in [-0.39, 0.29) is 0 Å². The molecule has 0 amide bonds. The predicted octanol–water partition coefficient (Wildman–Crippen LogP) is 3.22. The maximum absolute atomic E-state index is 5.18. The molecule has 0 rings (SSSR count). The molecule has 2 atom stereocenters. The van der Waals surface area contributed by atoms with Crippen LogP contribution in [0.4, 0.5) is 0 Å². The molecule has 0 saturated carbocycles. The molecule has 0 aliphatic carbocycles. The molecule has 0 spiro atoms. The molecule has 2 unspecified atom stereocenters. The first-order chi connectivity index (χ1) is 7.28. The van der Waals surface area contributed by atoms with Crippen LogP contribution in [-0.4, -0.2) is 26.3 Å². The molecule has 92 valence electrons. The Morgan fingerprint density at radius 3 is 2.33 bits per heavy atom. The van der Waals surface area contributed by atoms with Crippen LogP contribution in [0.1, 0.15) is 52.9 Å². The second-order valence-electron chi connectivity index (χ2n) is 4.39. The SMILES string of the molecule is CCCCC(CC)CNC(CC)COC. The molecular formula is C13H29NO. The molecule has 0 aromatic heterocycles. The summed E-state index contributed by atoms with van der Waals surface area (Å²) >= 11 is 0. The fourth-order valence-corrected chi connectivity index (χ4v) is 1.80. The van der Waals surface area contributed by atoms with Gasteiger partial charge in [0.15, 0.2) is 0 Å². The van der Waals surface area contributed by atoms with Crippen molar-refractivity contribution in [3.05, 3.63) is 0 Å². The zero-order chi connectivity index (χ0) is 11.5. The summed E-state index contributed by atoms with van der Waals surface area (Å²) in [7, 11) is 1.78. The highest BCUT2D eigenvalue weighted by molar-refractivity contribution is 4.68. The van der Waals surface area contributed by atoms with E-state index in [4.69, 9.17) is 4.74 Å². The van der Waals surface area contributed by atoms with Crippen molar-refractivity contribution >= 4 is 0 Å². The van der Waals surface area contributed by atoms with Gasteiger partial charge in [0.25, 0.3) is 0 Å². The van der Waals surface area contributed by atoms with Gasteiger partial charge in [-0.1, -0.05) is 40.0 Å². The molecule has 0 bridgehead atoms. The Hall–Kier alpha value is -0.0800. The molecule has 0 aromatic carbocycles. The average Bonchev–Trinajstić information content (AvgIpc) is 2.27.